The Morgan fingerprint density at radius 2 is 1.67 bits per heavy atom. The first-order valence-electron chi connectivity index (χ1n) is 6.96. The summed E-state index contributed by atoms with van der Waals surface area (Å²) in [6, 6.07) is 5.22. The SMILES string of the molecule is CC1(C)C2CC1C(=O)C(C(=O)Nc1ccc(F)cc1)C2=O. The predicted molar refractivity (Wildman–Crippen MR) is 73.9 cm³/mol. The van der Waals surface area contributed by atoms with Gasteiger partial charge in [0.25, 0.3) is 0 Å². The van der Waals surface area contributed by atoms with E-state index in [0.717, 1.165) is 0 Å². The van der Waals surface area contributed by atoms with E-state index in [9.17, 15) is 18.8 Å². The molecule has 1 N–H and O–H groups in total. The first-order chi connectivity index (χ1) is 9.82. The highest BCUT2D eigenvalue weighted by Crippen LogP contribution is 2.57. The Balaban J connectivity index is 1.78. The molecule has 21 heavy (non-hydrogen) atoms. The zero-order chi connectivity index (χ0) is 15.4. The number of ketones is 2. The number of rotatable bonds is 2. The van der Waals surface area contributed by atoms with E-state index in [4.69, 9.17) is 0 Å². The standard InChI is InChI=1S/C16H16FNO3/c1-16(2)10-7-11(16)14(20)12(13(10)19)15(21)18-9-5-3-8(17)4-6-9/h3-6,10-12H,7H2,1-2H3,(H,18,21). The van der Waals surface area contributed by atoms with Gasteiger partial charge < -0.3 is 5.32 Å². The number of carbonyl (C=O) groups excluding carboxylic acids is 3. The van der Waals surface area contributed by atoms with Crippen molar-refractivity contribution in [1.82, 2.24) is 0 Å². The summed E-state index contributed by atoms with van der Waals surface area (Å²) in [7, 11) is 0. The molecule has 5 heteroatoms. The van der Waals surface area contributed by atoms with Gasteiger partial charge in [-0.3, -0.25) is 14.4 Å². The van der Waals surface area contributed by atoms with E-state index in [2.05, 4.69) is 5.32 Å². The number of hydrogen-bond donors (Lipinski definition) is 1. The van der Waals surface area contributed by atoms with Gasteiger partial charge >= 0.3 is 0 Å². The van der Waals surface area contributed by atoms with Gasteiger partial charge in [-0.15, -0.1) is 0 Å². The minimum atomic E-state index is -1.22. The van der Waals surface area contributed by atoms with Crippen LogP contribution >= 0.6 is 0 Å². The van der Waals surface area contributed by atoms with Crippen LogP contribution in [0.25, 0.3) is 0 Å². The average Bonchev–Trinajstić information content (AvgIpc) is 2.40. The lowest BCUT2D eigenvalue weighted by Crippen LogP contribution is -2.63. The molecule has 110 valence electrons. The zero-order valence-corrected chi connectivity index (χ0v) is 11.9. The van der Waals surface area contributed by atoms with Crippen molar-refractivity contribution in [2.45, 2.75) is 20.3 Å². The normalized spacial score (nSPS) is 29.8. The Hall–Kier alpha value is -2.04. The number of fused-ring (bicyclic) bond motifs is 2. The van der Waals surface area contributed by atoms with Gasteiger partial charge in [0, 0.05) is 17.5 Å². The topological polar surface area (TPSA) is 63.2 Å². The van der Waals surface area contributed by atoms with Crippen molar-refractivity contribution in [2.24, 2.45) is 23.2 Å². The van der Waals surface area contributed by atoms with E-state index in [1.54, 1.807) is 0 Å². The summed E-state index contributed by atoms with van der Waals surface area (Å²) in [4.78, 5) is 36.9. The fourth-order valence-corrected chi connectivity index (χ4v) is 3.44. The Morgan fingerprint density at radius 3 is 2.14 bits per heavy atom. The maximum absolute atomic E-state index is 12.8. The van der Waals surface area contributed by atoms with Crippen molar-refractivity contribution < 1.29 is 18.8 Å². The van der Waals surface area contributed by atoms with E-state index in [0.29, 0.717) is 12.1 Å². The number of hydrogen-bond acceptors (Lipinski definition) is 3. The molecule has 1 aromatic rings. The minimum Gasteiger partial charge on any atom is -0.325 e. The van der Waals surface area contributed by atoms with Crippen molar-refractivity contribution in [1.29, 1.82) is 0 Å². The summed E-state index contributed by atoms with van der Waals surface area (Å²) >= 11 is 0. The van der Waals surface area contributed by atoms with Crippen LogP contribution in [0.15, 0.2) is 24.3 Å². The Morgan fingerprint density at radius 1 is 1.14 bits per heavy atom. The van der Waals surface area contributed by atoms with Crippen molar-refractivity contribution in [3.8, 4) is 0 Å². The predicted octanol–water partition coefficient (Wildman–Crippen LogP) is 2.19. The number of carbonyl (C=O) groups is 3. The molecule has 0 radical (unpaired) electrons. The monoisotopic (exact) mass is 289 g/mol. The van der Waals surface area contributed by atoms with Crippen LogP contribution in [0.1, 0.15) is 20.3 Å². The van der Waals surface area contributed by atoms with E-state index in [-0.39, 0.29) is 28.8 Å². The Bertz CT molecular complexity index is 611. The maximum Gasteiger partial charge on any atom is 0.242 e. The first kappa shape index (κ1) is 13.9. The van der Waals surface area contributed by atoms with Crippen molar-refractivity contribution in [3.63, 3.8) is 0 Å². The van der Waals surface area contributed by atoms with Crippen LogP contribution in [0.5, 0.6) is 0 Å². The third-order valence-corrected chi connectivity index (χ3v) is 4.90. The van der Waals surface area contributed by atoms with Crippen LogP contribution in [0.4, 0.5) is 10.1 Å². The van der Waals surface area contributed by atoms with Gasteiger partial charge in [0.2, 0.25) is 5.91 Å². The molecular formula is C16H16FNO3. The van der Waals surface area contributed by atoms with Crippen molar-refractivity contribution >= 4 is 23.2 Å². The number of benzene rings is 1. The third-order valence-electron chi connectivity index (χ3n) is 4.90. The number of amides is 1. The summed E-state index contributed by atoms with van der Waals surface area (Å²) in [5, 5.41) is 2.52. The largest absolute Gasteiger partial charge is 0.325 e. The fourth-order valence-electron chi connectivity index (χ4n) is 3.44. The molecule has 3 saturated carbocycles. The van der Waals surface area contributed by atoms with Crippen molar-refractivity contribution in [3.05, 3.63) is 30.1 Å². The van der Waals surface area contributed by atoms with E-state index >= 15 is 0 Å². The van der Waals surface area contributed by atoms with E-state index in [1.807, 2.05) is 13.8 Å². The van der Waals surface area contributed by atoms with Gasteiger partial charge in [-0.05, 0) is 36.1 Å². The van der Waals surface area contributed by atoms with Crippen LogP contribution < -0.4 is 5.32 Å². The lowest BCUT2D eigenvalue weighted by Gasteiger charge is -2.55. The molecule has 0 saturated heterocycles. The molecule has 4 nitrogen and oxygen atoms in total. The summed E-state index contributed by atoms with van der Waals surface area (Å²) in [5.41, 5.74) is 0.0430. The molecule has 2 bridgehead atoms. The lowest BCUT2D eigenvalue weighted by atomic mass is 9.45. The molecule has 0 heterocycles. The number of Topliss-reactive ketones (excluding diaryl/α,β-unsaturated/α-hetero) is 2. The zero-order valence-electron chi connectivity index (χ0n) is 11.9. The Kier molecular flexibility index (Phi) is 2.97. The second kappa shape index (κ2) is 4.48. The molecule has 1 amide bonds. The molecule has 0 spiro atoms. The van der Waals surface area contributed by atoms with Gasteiger partial charge in [-0.1, -0.05) is 13.8 Å². The average molecular weight is 289 g/mol. The van der Waals surface area contributed by atoms with Gasteiger partial charge in [0.15, 0.2) is 17.5 Å². The second-order valence-corrected chi connectivity index (χ2v) is 6.40. The first-order valence-corrected chi connectivity index (χ1v) is 6.96. The molecule has 4 rings (SSSR count). The molecular weight excluding hydrogens is 273 g/mol. The third kappa shape index (κ3) is 1.99. The van der Waals surface area contributed by atoms with Crippen LogP contribution in [0.2, 0.25) is 0 Å². The Labute approximate surface area is 121 Å². The quantitative estimate of drug-likeness (QED) is 0.849. The van der Waals surface area contributed by atoms with Gasteiger partial charge in [-0.2, -0.15) is 0 Å². The highest BCUT2D eigenvalue weighted by molar-refractivity contribution is 6.25. The van der Waals surface area contributed by atoms with Crippen LogP contribution in [-0.2, 0) is 14.4 Å². The van der Waals surface area contributed by atoms with Gasteiger partial charge in [0.1, 0.15) is 5.82 Å². The van der Waals surface area contributed by atoms with E-state index < -0.39 is 17.6 Å². The summed E-state index contributed by atoms with van der Waals surface area (Å²) in [6.07, 6.45) is 0.561. The summed E-state index contributed by atoms with van der Waals surface area (Å²) in [5.74, 6) is -3.25. The highest BCUT2D eigenvalue weighted by atomic mass is 19.1. The number of nitrogens with one attached hydrogen (secondary N) is 1. The number of anilines is 1. The van der Waals surface area contributed by atoms with Crippen LogP contribution in [0, 0.1) is 29.0 Å². The second-order valence-electron chi connectivity index (χ2n) is 6.40. The van der Waals surface area contributed by atoms with Gasteiger partial charge in [0.05, 0.1) is 0 Å². The van der Waals surface area contributed by atoms with Crippen LogP contribution in [-0.4, -0.2) is 17.5 Å². The molecule has 1 aromatic carbocycles. The summed E-state index contributed by atoms with van der Waals surface area (Å²) < 4.78 is 12.8. The summed E-state index contributed by atoms with van der Waals surface area (Å²) in [6.45, 7) is 3.80. The highest BCUT2D eigenvalue weighted by Gasteiger charge is 2.63. The smallest absolute Gasteiger partial charge is 0.242 e. The van der Waals surface area contributed by atoms with Crippen LogP contribution in [0.3, 0.4) is 0 Å². The minimum absolute atomic E-state index is 0.218. The fraction of sp³-hybridized carbons (Fsp3) is 0.438. The lowest BCUT2D eigenvalue weighted by molar-refractivity contribution is -0.169. The molecule has 0 aromatic heterocycles. The molecule has 2 unspecified atom stereocenters. The molecule has 0 aliphatic heterocycles. The molecule has 2 atom stereocenters. The molecule has 3 aliphatic carbocycles. The maximum atomic E-state index is 12.8. The molecule has 3 fully saturated rings. The number of halogens is 1. The van der Waals surface area contributed by atoms with Gasteiger partial charge in [-0.25, -0.2) is 4.39 Å². The van der Waals surface area contributed by atoms with E-state index in [1.165, 1.54) is 24.3 Å². The molecule has 3 aliphatic rings. The van der Waals surface area contributed by atoms with Crippen molar-refractivity contribution in [2.75, 3.05) is 5.32 Å².